The smallest absolute Gasteiger partial charge is 0.178 e. The van der Waals surface area contributed by atoms with E-state index in [0.717, 1.165) is 18.1 Å². The summed E-state index contributed by atoms with van der Waals surface area (Å²) in [5.41, 5.74) is 7.91. The third-order valence-corrected chi connectivity index (χ3v) is 3.47. The number of fused-ring (bicyclic) bond motifs is 1. The molecule has 2 N–H and O–H groups in total. The van der Waals surface area contributed by atoms with Gasteiger partial charge in [-0.2, -0.15) is 5.10 Å². The molecule has 0 bridgehead atoms. The van der Waals surface area contributed by atoms with Crippen molar-refractivity contribution in [3.05, 3.63) is 48.7 Å². The molecule has 0 aliphatic carbocycles. The van der Waals surface area contributed by atoms with Crippen LogP contribution in [0.4, 0.5) is 17.2 Å². The molecule has 1 aromatic heterocycles. The Kier molecular flexibility index (Phi) is 3.06. The van der Waals surface area contributed by atoms with Gasteiger partial charge in [-0.1, -0.05) is 36.4 Å². The van der Waals surface area contributed by atoms with Gasteiger partial charge in [0, 0.05) is 25.2 Å². The molecule has 0 aliphatic heterocycles. The van der Waals surface area contributed by atoms with Crippen LogP contribution in [-0.2, 0) is 7.05 Å². The molecule has 0 atom stereocenters. The molecular formula is C16H18N4. The zero-order valence-electron chi connectivity index (χ0n) is 11.7. The molecule has 20 heavy (non-hydrogen) atoms. The molecule has 0 fully saturated rings. The number of hydrogen-bond donors (Lipinski definition) is 1. The van der Waals surface area contributed by atoms with Crippen molar-refractivity contribution in [2.45, 2.75) is 6.92 Å². The molecule has 2 aromatic carbocycles. The van der Waals surface area contributed by atoms with E-state index < -0.39 is 0 Å². The normalized spacial score (nSPS) is 10.9. The fraction of sp³-hybridized carbons (Fsp3) is 0.188. The predicted octanol–water partition coefficient (Wildman–Crippen LogP) is 3.31. The van der Waals surface area contributed by atoms with Gasteiger partial charge in [-0.15, -0.1) is 0 Å². The number of nitrogen functional groups attached to an aromatic ring is 1. The second-order valence-electron chi connectivity index (χ2n) is 4.82. The highest BCUT2D eigenvalue weighted by Crippen LogP contribution is 2.33. The maximum atomic E-state index is 6.07. The first-order chi connectivity index (χ1) is 9.70. The summed E-state index contributed by atoms with van der Waals surface area (Å²) in [5, 5.41) is 6.91. The number of benzene rings is 2. The summed E-state index contributed by atoms with van der Waals surface area (Å²) < 4.78 is 1.75. The number of nitrogens with two attached hydrogens (primary N) is 1. The van der Waals surface area contributed by atoms with Gasteiger partial charge in [0.05, 0.1) is 11.4 Å². The van der Waals surface area contributed by atoms with Crippen LogP contribution in [0.5, 0.6) is 0 Å². The van der Waals surface area contributed by atoms with Crippen LogP contribution in [0.1, 0.15) is 6.92 Å². The van der Waals surface area contributed by atoms with E-state index in [0.29, 0.717) is 5.69 Å². The van der Waals surface area contributed by atoms with Crippen LogP contribution in [0.2, 0.25) is 0 Å². The third-order valence-electron chi connectivity index (χ3n) is 3.47. The lowest BCUT2D eigenvalue weighted by Gasteiger charge is -2.23. The van der Waals surface area contributed by atoms with E-state index in [2.05, 4.69) is 59.4 Å². The van der Waals surface area contributed by atoms with E-state index >= 15 is 0 Å². The number of aromatic nitrogens is 2. The second kappa shape index (κ2) is 4.89. The largest absolute Gasteiger partial charge is 0.394 e. The number of anilines is 3. The van der Waals surface area contributed by atoms with Gasteiger partial charge in [-0.25, -0.2) is 0 Å². The molecule has 4 nitrogen and oxygen atoms in total. The lowest BCUT2D eigenvalue weighted by molar-refractivity contribution is 0.761. The lowest BCUT2D eigenvalue weighted by atomic mass is 10.1. The van der Waals surface area contributed by atoms with Gasteiger partial charge in [0.1, 0.15) is 0 Å². The van der Waals surface area contributed by atoms with Crippen molar-refractivity contribution < 1.29 is 0 Å². The summed E-state index contributed by atoms with van der Waals surface area (Å²) >= 11 is 0. The number of rotatable bonds is 3. The summed E-state index contributed by atoms with van der Waals surface area (Å²) in [4.78, 5) is 2.15. The molecule has 4 heteroatoms. The summed E-state index contributed by atoms with van der Waals surface area (Å²) in [7, 11) is 1.89. The maximum absolute atomic E-state index is 6.07. The van der Waals surface area contributed by atoms with E-state index in [1.807, 2.05) is 13.2 Å². The van der Waals surface area contributed by atoms with Gasteiger partial charge < -0.3 is 10.6 Å². The van der Waals surface area contributed by atoms with Gasteiger partial charge in [-0.3, -0.25) is 4.68 Å². The van der Waals surface area contributed by atoms with Crippen molar-refractivity contribution in [1.29, 1.82) is 0 Å². The monoisotopic (exact) mass is 266 g/mol. The van der Waals surface area contributed by atoms with Crippen molar-refractivity contribution in [2.24, 2.45) is 7.05 Å². The first-order valence-corrected chi connectivity index (χ1v) is 6.75. The maximum Gasteiger partial charge on any atom is 0.178 e. The van der Waals surface area contributed by atoms with Crippen LogP contribution >= 0.6 is 0 Å². The minimum Gasteiger partial charge on any atom is -0.394 e. The summed E-state index contributed by atoms with van der Waals surface area (Å²) in [6.45, 7) is 2.92. The molecule has 1 heterocycles. The molecule has 0 radical (unpaired) electrons. The van der Waals surface area contributed by atoms with E-state index in [1.165, 1.54) is 10.8 Å². The zero-order chi connectivity index (χ0) is 14.1. The van der Waals surface area contributed by atoms with E-state index in [4.69, 9.17) is 5.73 Å². The Morgan fingerprint density at radius 1 is 1.15 bits per heavy atom. The topological polar surface area (TPSA) is 47.1 Å². The summed E-state index contributed by atoms with van der Waals surface area (Å²) in [6, 6.07) is 14.7. The molecule has 0 saturated carbocycles. The van der Waals surface area contributed by atoms with E-state index in [-0.39, 0.29) is 0 Å². The molecule has 0 unspecified atom stereocenters. The molecule has 3 rings (SSSR count). The Morgan fingerprint density at radius 2 is 1.90 bits per heavy atom. The summed E-state index contributed by atoms with van der Waals surface area (Å²) in [5.74, 6) is 0.811. The van der Waals surface area contributed by atoms with Gasteiger partial charge in [0.25, 0.3) is 0 Å². The zero-order valence-corrected chi connectivity index (χ0v) is 11.7. The number of aryl methyl sites for hydroxylation is 1. The minimum atomic E-state index is 0.697. The highest BCUT2D eigenvalue weighted by molar-refractivity contribution is 5.96. The first-order valence-electron chi connectivity index (χ1n) is 6.75. The van der Waals surface area contributed by atoms with E-state index in [1.54, 1.807) is 4.68 Å². The van der Waals surface area contributed by atoms with Crippen molar-refractivity contribution in [3.8, 4) is 0 Å². The second-order valence-corrected chi connectivity index (χ2v) is 4.82. The lowest BCUT2D eigenvalue weighted by Crippen LogP contribution is -2.18. The van der Waals surface area contributed by atoms with E-state index in [9.17, 15) is 0 Å². The van der Waals surface area contributed by atoms with Crippen molar-refractivity contribution in [2.75, 3.05) is 17.2 Å². The third kappa shape index (κ3) is 1.99. The van der Waals surface area contributed by atoms with Crippen LogP contribution in [0, 0.1) is 0 Å². The van der Waals surface area contributed by atoms with Crippen LogP contribution in [-0.4, -0.2) is 16.3 Å². The molecule has 0 aliphatic rings. The average Bonchev–Trinajstić information content (AvgIpc) is 2.79. The number of hydrogen-bond acceptors (Lipinski definition) is 3. The highest BCUT2D eigenvalue weighted by Gasteiger charge is 2.16. The molecule has 102 valence electrons. The Hall–Kier alpha value is -2.49. The Balaban J connectivity index is 2.19. The number of nitrogens with zero attached hydrogens (tertiary/aromatic N) is 3. The van der Waals surface area contributed by atoms with Crippen molar-refractivity contribution in [1.82, 2.24) is 9.78 Å². The molecular weight excluding hydrogens is 248 g/mol. The quantitative estimate of drug-likeness (QED) is 0.791. The standard InChI is InChI=1S/C16H18N4/c1-3-20(16-14(17)11-19(2)18-16)15-10-6-8-12-7-4-5-9-13(12)15/h4-11H,3,17H2,1-2H3. The average molecular weight is 266 g/mol. The van der Waals surface area contributed by atoms with Crippen LogP contribution < -0.4 is 10.6 Å². The Bertz CT molecular complexity index is 740. The fourth-order valence-electron chi connectivity index (χ4n) is 2.58. The van der Waals surface area contributed by atoms with Crippen molar-refractivity contribution >= 4 is 28.0 Å². The van der Waals surface area contributed by atoms with Gasteiger partial charge in [0.2, 0.25) is 0 Å². The van der Waals surface area contributed by atoms with Crippen LogP contribution in [0.15, 0.2) is 48.7 Å². The SMILES string of the molecule is CCN(c1nn(C)cc1N)c1cccc2ccccc12. The Morgan fingerprint density at radius 3 is 2.60 bits per heavy atom. The predicted molar refractivity (Wildman–Crippen MR) is 84.2 cm³/mol. The summed E-state index contributed by atoms with van der Waals surface area (Å²) in [6.07, 6.45) is 1.84. The van der Waals surface area contributed by atoms with Crippen molar-refractivity contribution in [3.63, 3.8) is 0 Å². The molecule has 0 saturated heterocycles. The highest BCUT2D eigenvalue weighted by atomic mass is 15.3. The van der Waals surface area contributed by atoms with Crippen LogP contribution in [0.25, 0.3) is 10.8 Å². The minimum absolute atomic E-state index is 0.697. The van der Waals surface area contributed by atoms with Crippen LogP contribution in [0.3, 0.4) is 0 Å². The Labute approximate surface area is 118 Å². The first kappa shape index (κ1) is 12.5. The van der Waals surface area contributed by atoms with Gasteiger partial charge >= 0.3 is 0 Å². The molecule has 0 amide bonds. The van der Waals surface area contributed by atoms with Gasteiger partial charge in [-0.05, 0) is 18.4 Å². The van der Waals surface area contributed by atoms with Gasteiger partial charge in [0.15, 0.2) is 5.82 Å². The molecule has 0 spiro atoms. The molecule has 3 aromatic rings. The fourth-order valence-corrected chi connectivity index (χ4v) is 2.58.